The van der Waals surface area contributed by atoms with Gasteiger partial charge in [-0.1, -0.05) is 11.6 Å². The smallest absolute Gasteiger partial charge is 0.262 e. The molecule has 0 aliphatic carbocycles. The van der Waals surface area contributed by atoms with Crippen LogP contribution >= 0.6 is 11.6 Å². The highest BCUT2D eigenvalue weighted by Crippen LogP contribution is 2.24. The van der Waals surface area contributed by atoms with Crippen molar-refractivity contribution >= 4 is 33.0 Å². The average Bonchev–Trinajstić information content (AvgIpc) is 2.36. The number of nitrogens with one attached hydrogen (secondary N) is 1. The standard InChI is InChI=1S/C12H9ClF2N2O2S/c13-9-3-2-8(6-11(9)16)20(18,19)17-12-4-1-7(14)5-10(12)15/h1-6,17H,16H2. The summed E-state index contributed by atoms with van der Waals surface area (Å²) >= 11 is 5.69. The summed E-state index contributed by atoms with van der Waals surface area (Å²) in [5.74, 6) is -1.82. The summed E-state index contributed by atoms with van der Waals surface area (Å²) in [7, 11) is -4.04. The SMILES string of the molecule is Nc1cc(S(=O)(=O)Nc2ccc(F)cc2F)ccc1Cl. The summed E-state index contributed by atoms with van der Waals surface area (Å²) < 4.78 is 52.3. The second kappa shape index (κ2) is 5.26. The first-order chi connectivity index (χ1) is 9.29. The second-order valence-corrected chi connectivity index (χ2v) is 6.00. The fourth-order valence-corrected chi connectivity index (χ4v) is 2.68. The predicted octanol–water partition coefficient (Wildman–Crippen LogP) is 3.00. The van der Waals surface area contributed by atoms with E-state index in [1.807, 2.05) is 4.72 Å². The lowest BCUT2D eigenvalue weighted by molar-refractivity contribution is 0.583. The van der Waals surface area contributed by atoms with Crippen LogP contribution in [-0.2, 0) is 10.0 Å². The number of nitrogens with two attached hydrogens (primary N) is 1. The van der Waals surface area contributed by atoms with Crippen molar-refractivity contribution in [1.29, 1.82) is 0 Å². The third kappa shape index (κ3) is 3.00. The molecule has 0 aliphatic rings. The van der Waals surface area contributed by atoms with E-state index in [4.69, 9.17) is 17.3 Å². The molecule has 0 heterocycles. The molecule has 0 aromatic heterocycles. The Morgan fingerprint density at radius 2 is 1.80 bits per heavy atom. The Morgan fingerprint density at radius 3 is 2.40 bits per heavy atom. The van der Waals surface area contributed by atoms with Crippen molar-refractivity contribution in [1.82, 2.24) is 0 Å². The van der Waals surface area contributed by atoms with E-state index in [1.165, 1.54) is 12.1 Å². The molecule has 8 heteroatoms. The second-order valence-electron chi connectivity index (χ2n) is 3.91. The minimum Gasteiger partial charge on any atom is -0.397 e. The summed E-state index contributed by atoms with van der Waals surface area (Å²) in [5, 5.41) is 0.205. The third-order valence-corrected chi connectivity index (χ3v) is 4.16. The van der Waals surface area contributed by atoms with E-state index in [0.717, 1.165) is 18.2 Å². The van der Waals surface area contributed by atoms with Crippen LogP contribution in [0.4, 0.5) is 20.2 Å². The number of hydrogen-bond donors (Lipinski definition) is 2. The van der Waals surface area contributed by atoms with Gasteiger partial charge in [0.15, 0.2) is 0 Å². The van der Waals surface area contributed by atoms with E-state index in [0.29, 0.717) is 6.07 Å². The first-order valence-corrected chi connectivity index (χ1v) is 7.18. The molecule has 2 aromatic rings. The Kier molecular flexibility index (Phi) is 3.82. The van der Waals surface area contributed by atoms with Gasteiger partial charge in [-0.2, -0.15) is 0 Å². The van der Waals surface area contributed by atoms with Crippen molar-refractivity contribution in [3.05, 3.63) is 53.1 Å². The van der Waals surface area contributed by atoms with E-state index >= 15 is 0 Å². The largest absolute Gasteiger partial charge is 0.397 e. The number of halogens is 3. The van der Waals surface area contributed by atoms with Gasteiger partial charge < -0.3 is 5.73 Å². The molecule has 0 unspecified atom stereocenters. The van der Waals surface area contributed by atoms with Crippen molar-refractivity contribution in [2.24, 2.45) is 0 Å². The van der Waals surface area contributed by atoms with Crippen LogP contribution in [0.3, 0.4) is 0 Å². The van der Waals surface area contributed by atoms with E-state index in [2.05, 4.69) is 0 Å². The number of nitrogen functional groups attached to an aromatic ring is 1. The monoisotopic (exact) mass is 318 g/mol. The lowest BCUT2D eigenvalue weighted by atomic mass is 10.3. The molecule has 0 spiro atoms. The molecule has 4 nitrogen and oxygen atoms in total. The topological polar surface area (TPSA) is 72.2 Å². The van der Waals surface area contributed by atoms with Gasteiger partial charge in [-0.25, -0.2) is 17.2 Å². The summed E-state index contributed by atoms with van der Waals surface area (Å²) in [4.78, 5) is -0.178. The summed E-state index contributed by atoms with van der Waals surface area (Å²) in [6.07, 6.45) is 0. The summed E-state index contributed by atoms with van der Waals surface area (Å²) in [6, 6.07) is 6.19. The number of rotatable bonds is 3. The zero-order valence-electron chi connectivity index (χ0n) is 9.90. The lowest BCUT2D eigenvalue weighted by Gasteiger charge is -2.10. The molecule has 20 heavy (non-hydrogen) atoms. The summed E-state index contributed by atoms with van der Waals surface area (Å²) in [6.45, 7) is 0. The zero-order chi connectivity index (χ0) is 14.9. The molecule has 0 atom stereocenters. The van der Waals surface area contributed by atoms with E-state index < -0.39 is 21.7 Å². The van der Waals surface area contributed by atoms with Gasteiger partial charge in [0.2, 0.25) is 0 Å². The Morgan fingerprint density at radius 1 is 1.10 bits per heavy atom. The molecule has 0 amide bonds. The van der Waals surface area contributed by atoms with Gasteiger partial charge in [0.25, 0.3) is 10.0 Å². The molecule has 106 valence electrons. The van der Waals surface area contributed by atoms with Crippen LogP contribution in [-0.4, -0.2) is 8.42 Å². The summed E-state index contributed by atoms with van der Waals surface area (Å²) in [5.41, 5.74) is 5.23. The first kappa shape index (κ1) is 14.5. The fourth-order valence-electron chi connectivity index (χ4n) is 1.46. The molecule has 0 fully saturated rings. The van der Waals surface area contributed by atoms with Gasteiger partial charge in [-0.15, -0.1) is 0 Å². The number of benzene rings is 2. The molecule has 0 saturated carbocycles. The van der Waals surface area contributed by atoms with Crippen LogP contribution in [0.1, 0.15) is 0 Å². The van der Waals surface area contributed by atoms with Crippen molar-refractivity contribution in [2.45, 2.75) is 4.90 Å². The van der Waals surface area contributed by atoms with Crippen LogP contribution < -0.4 is 10.5 Å². The first-order valence-electron chi connectivity index (χ1n) is 5.32. The van der Waals surface area contributed by atoms with Gasteiger partial charge in [0.05, 0.1) is 21.3 Å². The molecular formula is C12H9ClF2N2O2S. The quantitative estimate of drug-likeness (QED) is 0.854. The molecule has 3 N–H and O–H groups in total. The molecule has 0 saturated heterocycles. The molecular weight excluding hydrogens is 310 g/mol. The highest BCUT2D eigenvalue weighted by atomic mass is 35.5. The van der Waals surface area contributed by atoms with Crippen LogP contribution in [0.2, 0.25) is 5.02 Å². The van der Waals surface area contributed by atoms with Gasteiger partial charge in [0, 0.05) is 6.07 Å². The molecule has 0 bridgehead atoms. The Bertz CT molecular complexity index is 766. The maximum absolute atomic E-state index is 13.4. The fraction of sp³-hybridized carbons (Fsp3) is 0. The van der Waals surface area contributed by atoms with Crippen molar-refractivity contribution < 1.29 is 17.2 Å². The van der Waals surface area contributed by atoms with Gasteiger partial charge in [-0.3, -0.25) is 4.72 Å². The Balaban J connectivity index is 2.38. The highest BCUT2D eigenvalue weighted by Gasteiger charge is 2.17. The predicted molar refractivity (Wildman–Crippen MR) is 73.0 cm³/mol. The minimum atomic E-state index is -4.04. The van der Waals surface area contributed by atoms with E-state index in [-0.39, 0.29) is 21.3 Å². The van der Waals surface area contributed by atoms with Crippen molar-refractivity contribution in [3.8, 4) is 0 Å². The number of sulfonamides is 1. The third-order valence-electron chi connectivity index (χ3n) is 2.45. The zero-order valence-corrected chi connectivity index (χ0v) is 11.5. The van der Waals surface area contributed by atoms with Crippen LogP contribution in [0.25, 0.3) is 0 Å². The molecule has 2 aromatic carbocycles. The normalized spacial score (nSPS) is 11.3. The van der Waals surface area contributed by atoms with Gasteiger partial charge in [-0.05, 0) is 30.3 Å². The lowest BCUT2D eigenvalue weighted by Crippen LogP contribution is -2.14. The van der Waals surface area contributed by atoms with Crippen molar-refractivity contribution in [2.75, 3.05) is 10.5 Å². The van der Waals surface area contributed by atoms with Crippen LogP contribution in [0, 0.1) is 11.6 Å². The maximum atomic E-state index is 13.4. The molecule has 0 radical (unpaired) electrons. The number of anilines is 2. The number of hydrogen-bond acceptors (Lipinski definition) is 3. The van der Waals surface area contributed by atoms with Crippen LogP contribution in [0.15, 0.2) is 41.3 Å². The molecule has 0 aliphatic heterocycles. The Hall–Kier alpha value is -1.86. The highest BCUT2D eigenvalue weighted by molar-refractivity contribution is 7.92. The van der Waals surface area contributed by atoms with Gasteiger partial charge in [0.1, 0.15) is 11.6 Å². The average molecular weight is 319 g/mol. The maximum Gasteiger partial charge on any atom is 0.262 e. The van der Waals surface area contributed by atoms with Crippen molar-refractivity contribution in [3.63, 3.8) is 0 Å². The van der Waals surface area contributed by atoms with Crippen LogP contribution in [0.5, 0.6) is 0 Å². The molecule has 2 rings (SSSR count). The minimum absolute atomic E-state index is 0.0779. The van der Waals surface area contributed by atoms with E-state index in [9.17, 15) is 17.2 Å². The Labute approximate surface area is 119 Å². The van der Waals surface area contributed by atoms with E-state index in [1.54, 1.807) is 0 Å². The van der Waals surface area contributed by atoms with Gasteiger partial charge >= 0.3 is 0 Å².